The number of anilines is 2. The molecule has 2 aliphatic rings. The molecule has 3 rings (SSSR count). The van der Waals surface area contributed by atoms with Crippen LogP contribution in [0.3, 0.4) is 0 Å². The molecular weight excluding hydrogens is 208 g/mol. The van der Waals surface area contributed by atoms with Crippen molar-refractivity contribution in [3.63, 3.8) is 0 Å². The molecule has 92 valence electrons. The van der Waals surface area contributed by atoms with E-state index in [-0.39, 0.29) is 0 Å². The summed E-state index contributed by atoms with van der Waals surface area (Å²) < 4.78 is 0. The number of hydrogen-bond donors (Lipinski definition) is 2. The summed E-state index contributed by atoms with van der Waals surface area (Å²) in [6.07, 6.45) is 6.98. The summed E-state index contributed by atoms with van der Waals surface area (Å²) in [5, 5.41) is 7.31. The minimum atomic E-state index is 0.491. The van der Waals surface area contributed by atoms with Gasteiger partial charge in [-0.25, -0.2) is 0 Å². The molecular formula is C15H22N2. The first-order valence-electron chi connectivity index (χ1n) is 6.86. The highest BCUT2D eigenvalue weighted by molar-refractivity contribution is 5.70. The zero-order valence-corrected chi connectivity index (χ0v) is 10.7. The summed E-state index contributed by atoms with van der Waals surface area (Å²) in [5.74, 6) is 0. The van der Waals surface area contributed by atoms with Crippen LogP contribution in [0.1, 0.15) is 37.7 Å². The van der Waals surface area contributed by atoms with Gasteiger partial charge in [0.25, 0.3) is 0 Å². The Morgan fingerprint density at radius 2 is 1.65 bits per heavy atom. The molecule has 17 heavy (non-hydrogen) atoms. The minimum absolute atomic E-state index is 0.491. The molecule has 0 saturated heterocycles. The van der Waals surface area contributed by atoms with Crippen LogP contribution in [0.4, 0.5) is 11.4 Å². The Morgan fingerprint density at radius 3 is 2.41 bits per heavy atom. The number of nitrogens with one attached hydrogen (secondary N) is 2. The molecule has 0 radical (unpaired) electrons. The normalized spacial score (nSPS) is 22.2. The minimum Gasteiger partial charge on any atom is -0.383 e. The van der Waals surface area contributed by atoms with Crippen molar-refractivity contribution < 1.29 is 0 Å². The van der Waals surface area contributed by atoms with E-state index in [2.05, 4.69) is 35.8 Å². The van der Waals surface area contributed by atoms with E-state index in [9.17, 15) is 0 Å². The van der Waals surface area contributed by atoms with Gasteiger partial charge in [-0.05, 0) is 37.5 Å². The summed E-state index contributed by atoms with van der Waals surface area (Å²) in [6.45, 7) is 4.43. The van der Waals surface area contributed by atoms with Crippen LogP contribution < -0.4 is 10.6 Å². The fraction of sp³-hybridized carbons (Fsp3) is 0.600. The van der Waals surface area contributed by atoms with Crippen LogP contribution >= 0.6 is 0 Å². The SMILES string of the molecule is Cc1ccc2c(c1)NCC1(CCCCC1)CN2. The zero-order chi connectivity index (χ0) is 11.7. The van der Waals surface area contributed by atoms with Gasteiger partial charge in [-0.15, -0.1) is 0 Å². The number of fused-ring (bicyclic) bond motifs is 1. The van der Waals surface area contributed by atoms with E-state index < -0.39 is 0 Å². The molecule has 1 aliphatic carbocycles. The summed E-state index contributed by atoms with van der Waals surface area (Å²) >= 11 is 0. The molecule has 0 amide bonds. The summed E-state index contributed by atoms with van der Waals surface area (Å²) in [4.78, 5) is 0. The first kappa shape index (κ1) is 10.9. The van der Waals surface area contributed by atoms with Gasteiger partial charge in [-0.1, -0.05) is 25.3 Å². The van der Waals surface area contributed by atoms with E-state index in [0.717, 1.165) is 13.1 Å². The van der Waals surface area contributed by atoms with Gasteiger partial charge in [0, 0.05) is 18.5 Å². The fourth-order valence-corrected chi connectivity index (χ4v) is 3.24. The van der Waals surface area contributed by atoms with E-state index >= 15 is 0 Å². The van der Waals surface area contributed by atoms with E-state index in [1.807, 2.05) is 0 Å². The Labute approximate surface area is 104 Å². The highest BCUT2D eigenvalue weighted by Crippen LogP contribution is 2.39. The van der Waals surface area contributed by atoms with Crippen LogP contribution in [0.5, 0.6) is 0 Å². The fourth-order valence-electron chi connectivity index (χ4n) is 3.24. The number of benzene rings is 1. The highest BCUT2D eigenvalue weighted by atomic mass is 15.0. The van der Waals surface area contributed by atoms with Crippen LogP contribution in [0.15, 0.2) is 18.2 Å². The Bertz CT molecular complexity index is 405. The summed E-state index contributed by atoms with van der Waals surface area (Å²) in [6, 6.07) is 6.65. The summed E-state index contributed by atoms with van der Waals surface area (Å²) in [7, 11) is 0. The predicted octanol–water partition coefficient (Wildman–Crippen LogP) is 3.78. The van der Waals surface area contributed by atoms with E-state index in [1.165, 1.54) is 49.0 Å². The van der Waals surface area contributed by atoms with E-state index in [0.29, 0.717) is 5.41 Å². The predicted molar refractivity (Wildman–Crippen MR) is 73.7 cm³/mol. The van der Waals surface area contributed by atoms with Gasteiger partial charge >= 0.3 is 0 Å². The molecule has 2 N–H and O–H groups in total. The Kier molecular flexibility index (Phi) is 2.73. The maximum absolute atomic E-state index is 3.66. The van der Waals surface area contributed by atoms with Crippen LogP contribution in [0.25, 0.3) is 0 Å². The average Bonchev–Trinajstić information content (AvgIpc) is 2.52. The maximum Gasteiger partial charge on any atom is 0.0578 e. The number of aryl methyl sites for hydroxylation is 1. The van der Waals surface area contributed by atoms with Crippen molar-refractivity contribution in [2.24, 2.45) is 5.41 Å². The molecule has 0 bridgehead atoms. The van der Waals surface area contributed by atoms with Crippen LogP contribution in [0.2, 0.25) is 0 Å². The molecule has 2 heteroatoms. The molecule has 1 heterocycles. The molecule has 0 atom stereocenters. The lowest BCUT2D eigenvalue weighted by molar-refractivity contribution is 0.224. The molecule has 0 aromatic heterocycles. The third-order valence-corrected chi connectivity index (χ3v) is 4.40. The van der Waals surface area contributed by atoms with Crippen molar-refractivity contribution in [1.82, 2.24) is 0 Å². The average molecular weight is 230 g/mol. The Hall–Kier alpha value is -1.18. The lowest BCUT2D eigenvalue weighted by Gasteiger charge is -2.36. The first-order chi connectivity index (χ1) is 8.27. The topological polar surface area (TPSA) is 24.1 Å². The van der Waals surface area contributed by atoms with Crippen LogP contribution in [0, 0.1) is 12.3 Å². The smallest absolute Gasteiger partial charge is 0.0578 e. The quantitative estimate of drug-likeness (QED) is 0.708. The van der Waals surface area contributed by atoms with Gasteiger partial charge < -0.3 is 10.6 Å². The number of rotatable bonds is 0. The van der Waals surface area contributed by atoms with Crippen molar-refractivity contribution in [1.29, 1.82) is 0 Å². The second-order valence-corrected chi connectivity index (χ2v) is 5.82. The zero-order valence-electron chi connectivity index (χ0n) is 10.7. The molecule has 1 fully saturated rings. The highest BCUT2D eigenvalue weighted by Gasteiger charge is 2.33. The van der Waals surface area contributed by atoms with Gasteiger partial charge in [0.05, 0.1) is 11.4 Å². The maximum atomic E-state index is 3.66. The molecule has 1 aliphatic heterocycles. The van der Waals surface area contributed by atoms with Crippen molar-refractivity contribution in [2.45, 2.75) is 39.0 Å². The molecule has 1 saturated carbocycles. The van der Waals surface area contributed by atoms with Gasteiger partial charge in [-0.3, -0.25) is 0 Å². The Balaban J connectivity index is 1.82. The Morgan fingerprint density at radius 1 is 0.941 bits per heavy atom. The second kappa shape index (κ2) is 4.25. The van der Waals surface area contributed by atoms with E-state index in [4.69, 9.17) is 0 Å². The van der Waals surface area contributed by atoms with Crippen LogP contribution in [-0.4, -0.2) is 13.1 Å². The standard InChI is InChI=1S/C15H22N2/c1-12-5-6-13-14(9-12)17-11-15(10-16-13)7-3-2-4-8-15/h5-6,9,16-17H,2-4,7-8,10-11H2,1H3. The number of hydrogen-bond acceptors (Lipinski definition) is 2. The molecule has 1 aromatic rings. The second-order valence-electron chi connectivity index (χ2n) is 5.82. The first-order valence-corrected chi connectivity index (χ1v) is 6.86. The third-order valence-electron chi connectivity index (χ3n) is 4.40. The van der Waals surface area contributed by atoms with Gasteiger partial charge in [-0.2, -0.15) is 0 Å². The summed E-state index contributed by atoms with van der Waals surface area (Å²) in [5.41, 5.74) is 4.38. The van der Waals surface area contributed by atoms with Gasteiger partial charge in [0.1, 0.15) is 0 Å². The molecule has 2 nitrogen and oxygen atoms in total. The van der Waals surface area contributed by atoms with Gasteiger partial charge in [0.15, 0.2) is 0 Å². The monoisotopic (exact) mass is 230 g/mol. The van der Waals surface area contributed by atoms with Crippen molar-refractivity contribution in [2.75, 3.05) is 23.7 Å². The van der Waals surface area contributed by atoms with Crippen LogP contribution in [-0.2, 0) is 0 Å². The van der Waals surface area contributed by atoms with Crippen molar-refractivity contribution >= 4 is 11.4 Å². The largest absolute Gasteiger partial charge is 0.383 e. The lowest BCUT2D eigenvalue weighted by atomic mass is 9.74. The lowest BCUT2D eigenvalue weighted by Crippen LogP contribution is -2.36. The third kappa shape index (κ3) is 2.13. The van der Waals surface area contributed by atoms with Gasteiger partial charge in [0.2, 0.25) is 0 Å². The molecule has 0 unspecified atom stereocenters. The molecule has 1 spiro atoms. The van der Waals surface area contributed by atoms with E-state index in [1.54, 1.807) is 0 Å². The van der Waals surface area contributed by atoms with Crippen molar-refractivity contribution in [3.05, 3.63) is 23.8 Å². The molecule has 1 aromatic carbocycles. The van der Waals surface area contributed by atoms with Crippen molar-refractivity contribution in [3.8, 4) is 0 Å².